The zero-order valence-corrected chi connectivity index (χ0v) is 10.8. The van der Waals surface area contributed by atoms with Crippen LogP contribution in [0.1, 0.15) is 32.1 Å². The van der Waals surface area contributed by atoms with E-state index >= 15 is 0 Å². The van der Waals surface area contributed by atoms with Crippen molar-refractivity contribution < 1.29 is 14.9 Å². The number of carboxylic acid groups (broad SMARTS) is 1. The molecule has 1 aliphatic carbocycles. The van der Waals surface area contributed by atoms with E-state index in [1.54, 1.807) is 0 Å². The standard InChI is InChI=1S/C12H23BN2O3/c14-12(10(16)17)7-11(3-5-15-8-11)6-9(12)2-1-4-13-18/h9,13,15,18H,1-8,14H2,(H,16,17). The molecule has 1 spiro atoms. The summed E-state index contributed by atoms with van der Waals surface area (Å²) in [6.45, 7) is 1.87. The number of nitrogens with two attached hydrogens (primary N) is 1. The number of aliphatic carboxylic acids is 1. The summed E-state index contributed by atoms with van der Waals surface area (Å²) in [6.07, 6.45) is 4.94. The first-order valence-electron chi connectivity index (χ1n) is 6.86. The van der Waals surface area contributed by atoms with Gasteiger partial charge in [0.15, 0.2) is 0 Å². The van der Waals surface area contributed by atoms with Gasteiger partial charge >= 0.3 is 5.97 Å². The van der Waals surface area contributed by atoms with E-state index in [4.69, 9.17) is 10.8 Å². The molecule has 3 atom stereocenters. The van der Waals surface area contributed by atoms with Gasteiger partial charge in [-0.15, -0.1) is 0 Å². The largest absolute Gasteiger partial charge is 0.480 e. The minimum atomic E-state index is -1.07. The average Bonchev–Trinajstić information content (AvgIpc) is 2.87. The monoisotopic (exact) mass is 254 g/mol. The molecule has 1 heterocycles. The van der Waals surface area contributed by atoms with Crippen LogP contribution in [0.25, 0.3) is 0 Å². The maximum atomic E-state index is 11.5. The van der Waals surface area contributed by atoms with E-state index in [-0.39, 0.29) is 18.8 Å². The highest BCUT2D eigenvalue weighted by Crippen LogP contribution is 2.51. The highest BCUT2D eigenvalue weighted by Gasteiger charge is 2.56. The van der Waals surface area contributed by atoms with Crippen molar-refractivity contribution in [3.05, 3.63) is 0 Å². The second-order valence-corrected chi connectivity index (χ2v) is 6.07. The summed E-state index contributed by atoms with van der Waals surface area (Å²) in [5.41, 5.74) is 5.22. The van der Waals surface area contributed by atoms with Crippen LogP contribution in [0.4, 0.5) is 0 Å². The second-order valence-electron chi connectivity index (χ2n) is 6.07. The number of nitrogens with one attached hydrogen (secondary N) is 1. The number of hydrogen-bond donors (Lipinski definition) is 4. The van der Waals surface area contributed by atoms with Gasteiger partial charge in [-0.05, 0) is 43.6 Å². The van der Waals surface area contributed by atoms with Crippen LogP contribution in [-0.2, 0) is 4.79 Å². The molecule has 1 saturated carbocycles. The molecule has 0 aromatic carbocycles. The summed E-state index contributed by atoms with van der Waals surface area (Å²) in [5, 5.41) is 21.6. The van der Waals surface area contributed by atoms with Crippen LogP contribution in [-0.4, -0.2) is 42.2 Å². The van der Waals surface area contributed by atoms with Gasteiger partial charge in [0, 0.05) is 6.54 Å². The normalized spacial score (nSPS) is 39.3. The quantitative estimate of drug-likeness (QED) is 0.399. The topological polar surface area (TPSA) is 95.6 Å². The van der Waals surface area contributed by atoms with Crippen molar-refractivity contribution in [2.24, 2.45) is 17.1 Å². The molecule has 6 heteroatoms. The lowest BCUT2D eigenvalue weighted by atomic mass is 9.81. The molecule has 1 saturated heterocycles. The minimum Gasteiger partial charge on any atom is -0.480 e. The zero-order chi connectivity index (χ0) is 13.2. The summed E-state index contributed by atoms with van der Waals surface area (Å²) in [6, 6.07) is 0. The average molecular weight is 254 g/mol. The summed E-state index contributed by atoms with van der Waals surface area (Å²) in [4.78, 5) is 11.5. The summed E-state index contributed by atoms with van der Waals surface area (Å²) in [5.74, 6) is -0.818. The Labute approximate surface area is 108 Å². The van der Waals surface area contributed by atoms with Gasteiger partial charge in [-0.2, -0.15) is 0 Å². The molecular formula is C12H23BN2O3. The molecule has 2 rings (SSSR count). The second kappa shape index (κ2) is 5.19. The first-order chi connectivity index (χ1) is 8.52. The van der Waals surface area contributed by atoms with Crippen molar-refractivity contribution >= 4 is 13.5 Å². The Bertz CT molecular complexity index is 320. The fourth-order valence-electron chi connectivity index (χ4n) is 3.77. The lowest BCUT2D eigenvalue weighted by molar-refractivity contribution is -0.145. The Kier molecular flexibility index (Phi) is 3.99. The molecule has 102 valence electrons. The van der Waals surface area contributed by atoms with Crippen LogP contribution in [0, 0.1) is 11.3 Å². The van der Waals surface area contributed by atoms with E-state index in [9.17, 15) is 9.90 Å². The third-order valence-electron chi connectivity index (χ3n) is 4.77. The zero-order valence-electron chi connectivity index (χ0n) is 10.8. The van der Waals surface area contributed by atoms with E-state index in [2.05, 4.69) is 5.32 Å². The van der Waals surface area contributed by atoms with Crippen LogP contribution in [0.5, 0.6) is 0 Å². The van der Waals surface area contributed by atoms with Gasteiger partial charge < -0.3 is 21.2 Å². The predicted molar refractivity (Wildman–Crippen MR) is 70.6 cm³/mol. The SMILES string of the molecule is NC1(C(=O)O)CC2(CCNC2)CC1CCCBO. The molecule has 0 bridgehead atoms. The minimum absolute atomic E-state index is 0.0430. The van der Waals surface area contributed by atoms with E-state index in [0.717, 1.165) is 45.1 Å². The van der Waals surface area contributed by atoms with Crippen molar-refractivity contribution in [2.75, 3.05) is 13.1 Å². The third-order valence-corrected chi connectivity index (χ3v) is 4.77. The fraction of sp³-hybridized carbons (Fsp3) is 0.917. The molecule has 0 aromatic heterocycles. The molecule has 1 aliphatic heterocycles. The number of carbonyl (C=O) groups is 1. The molecular weight excluding hydrogens is 231 g/mol. The van der Waals surface area contributed by atoms with E-state index in [1.165, 1.54) is 0 Å². The Morgan fingerprint density at radius 1 is 1.56 bits per heavy atom. The number of hydrogen-bond acceptors (Lipinski definition) is 4. The highest BCUT2D eigenvalue weighted by molar-refractivity contribution is 6.25. The molecule has 5 nitrogen and oxygen atoms in total. The Hall–Kier alpha value is -0.585. The van der Waals surface area contributed by atoms with Gasteiger partial charge in [-0.1, -0.05) is 12.7 Å². The van der Waals surface area contributed by atoms with Crippen LogP contribution in [0.3, 0.4) is 0 Å². The maximum Gasteiger partial charge on any atom is 0.323 e. The van der Waals surface area contributed by atoms with Gasteiger partial charge in [-0.25, -0.2) is 0 Å². The van der Waals surface area contributed by atoms with E-state index < -0.39 is 11.5 Å². The Balaban J connectivity index is 2.07. The summed E-state index contributed by atoms with van der Waals surface area (Å²) < 4.78 is 0. The Morgan fingerprint density at radius 3 is 2.89 bits per heavy atom. The van der Waals surface area contributed by atoms with E-state index in [0.29, 0.717) is 6.42 Å². The van der Waals surface area contributed by atoms with Crippen molar-refractivity contribution in [3.8, 4) is 0 Å². The van der Waals surface area contributed by atoms with Crippen LogP contribution < -0.4 is 11.1 Å². The first kappa shape index (κ1) is 13.8. The first-order valence-corrected chi connectivity index (χ1v) is 6.86. The fourth-order valence-corrected chi connectivity index (χ4v) is 3.77. The third kappa shape index (κ3) is 2.42. The van der Waals surface area contributed by atoms with Gasteiger partial charge in [0.1, 0.15) is 5.54 Å². The lowest BCUT2D eigenvalue weighted by Crippen LogP contribution is -2.51. The Morgan fingerprint density at radius 2 is 2.33 bits per heavy atom. The van der Waals surface area contributed by atoms with Crippen LogP contribution in [0.2, 0.25) is 6.32 Å². The van der Waals surface area contributed by atoms with Gasteiger partial charge in [0.25, 0.3) is 7.48 Å². The van der Waals surface area contributed by atoms with Crippen molar-refractivity contribution in [1.29, 1.82) is 0 Å². The van der Waals surface area contributed by atoms with Gasteiger partial charge in [-0.3, -0.25) is 4.79 Å². The van der Waals surface area contributed by atoms with Crippen LogP contribution >= 0.6 is 0 Å². The number of carboxylic acids is 1. The molecule has 0 amide bonds. The molecule has 3 unspecified atom stereocenters. The lowest BCUT2D eigenvalue weighted by Gasteiger charge is -2.27. The molecule has 5 N–H and O–H groups in total. The smallest absolute Gasteiger partial charge is 0.323 e. The number of rotatable bonds is 5. The molecule has 0 aromatic rings. The summed E-state index contributed by atoms with van der Waals surface area (Å²) in [7, 11) is 0.171. The van der Waals surface area contributed by atoms with Crippen molar-refractivity contribution in [2.45, 2.75) is 44.0 Å². The highest BCUT2D eigenvalue weighted by atomic mass is 16.4. The van der Waals surface area contributed by atoms with Crippen LogP contribution in [0.15, 0.2) is 0 Å². The maximum absolute atomic E-state index is 11.5. The summed E-state index contributed by atoms with van der Waals surface area (Å²) >= 11 is 0. The van der Waals surface area contributed by atoms with Gasteiger partial charge in [0.2, 0.25) is 0 Å². The van der Waals surface area contributed by atoms with Crippen molar-refractivity contribution in [1.82, 2.24) is 5.32 Å². The van der Waals surface area contributed by atoms with Gasteiger partial charge in [0.05, 0.1) is 0 Å². The molecule has 2 aliphatic rings. The van der Waals surface area contributed by atoms with Crippen molar-refractivity contribution in [3.63, 3.8) is 0 Å². The van der Waals surface area contributed by atoms with E-state index in [1.807, 2.05) is 0 Å². The molecule has 2 fully saturated rings. The molecule has 18 heavy (non-hydrogen) atoms. The molecule has 0 radical (unpaired) electrons. The predicted octanol–water partition coefficient (Wildman–Crippen LogP) is -0.300.